The number of nitrogens with one attached hydrogen (secondary N) is 2. The number of likely N-dealkylation sites (N-methyl/N-ethyl adjacent to an activating group) is 1. The number of para-hydroxylation sites is 2. The lowest BCUT2D eigenvalue weighted by Crippen LogP contribution is -2.50. The van der Waals surface area contributed by atoms with Crippen molar-refractivity contribution in [2.45, 2.75) is 12.7 Å². The van der Waals surface area contributed by atoms with Crippen LogP contribution in [0.5, 0.6) is 11.5 Å². The number of fused-ring (bicyclic) bond motifs is 1. The molecule has 0 aromatic heterocycles. The minimum Gasteiger partial charge on any atom is -0.477 e. The van der Waals surface area contributed by atoms with E-state index in [1.807, 2.05) is 6.07 Å². The van der Waals surface area contributed by atoms with Crippen LogP contribution < -0.4 is 25.0 Å². The third-order valence-corrected chi connectivity index (χ3v) is 4.10. The number of benzene rings is 2. The molecule has 0 saturated carbocycles. The van der Waals surface area contributed by atoms with Gasteiger partial charge in [0.05, 0.1) is 18.8 Å². The van der Waals surface area contributed by atoms with Gasteiger partial charge in [-0.3, -0.25) is 9.59 Å². The molecule has 9 heteroatoms. The molecule has 1 heterocycles. The normalized spacial score (nSPS) is 15.4. The molecule has 1 atom stereocenters. The van der Waals surface area contributed by atoms with Gasteiger partial charge >= 0.3 is 6.61 Å². The van der Waals surface area contributed by atoms with Crippen molar-refractivity contribution in [1.29, 1.82) is 0 Å². The van der Waals surface area contributed by atoms with Gasteiger partial charge in [0.15, 0.2) is 6.10 Å². The molecule has 1 aliphatic rings. The second-order valence-corrected chi connectivity index (χ2v) is 6.02. The molecule has 0 fully saturated rings. The Bertz CT molecular complexity index is 845. The first kappa shape index (κ1) is 19.4. The standard InChI is InChI=1S/C19H19F2N3O4/c1-22-18(26)16-10-24(14-4-2-3-5-15(14)28-16)11-17(25)23-12-6-8-13(9-7-12)27-19(20)21/h2-9,16,19H,10-11H2,1H3,(H,22,26)(H,23,25)/t16-/m0/s1. The second-order valence-electron chi connectivity index (χ2n) is 6.02. The highest BCUT2D eigenvalue weighted by molar-refractivity contribution is 5.95. The van der Waals surface area contributed by atoms with E-state index in [2.05, 4.69) is 15.4 Å². The molecule has 0 saturated heterocycles. The number of nitrogens with zero attached hydrogens (tertiary/aromatic N) is 1. The quantitative estimate of drug-likeness (QED) is 0.790. The van der Waals surface area contributed by atoms with Crippen LogP contribution in [0.15, 0.2) is 48.5 Å². The van der Waals surface area contributed by atoms with Gasteiger partial charge in [0.1, 0.15) is 11.5 Å². The summed E-state index contributed by atoms with van der Waals surface area (Å²) < 4.78 is 34.4. The van der Waals surface area contributed by atoms with Gasteiger partial charge in [-0.05, 0) is 36.4 Å². The summed E-state index contributed by atoms with van der Waals surface area (Å²) in [6.45, 7) is -2.70. The molecular formula is C19H19F2N3O4. The molecule has 0 bridgehead atoms. The first-order valence-electron chi connectivity index (χ1n) is 8.53. The van der Waals surface area contributed by atoms with Crippen LogP contribution in [0.25, 0.3) is 0 Å². The van der Waals surface area contributed by atoms with Gasteiger partial charge in [0, 0.05) is 12.7 Å². The zero-order valence-electron chi connectivity index (χ0n) is 15.0. The van der Waals surface area contributed by atoms with Crippen LogP contribution >= 0.6 is 0 Å². The van der Waals surface area contributed by atoms with Gasteiger partial charge in [-0.1, -0.05) is 12.1 Å². The van der Waals surface area contributed by atoms with Crippen LogP contribution in [0.2, 0.25) is 0 Å². The summed E-state index contributed by atoms with van der Waals surface area (Å²) in [5.74, 6) is -0.0865. The number of halogens is 2. The van der Waals surface area contributed by atoms with Gasteiger partial charge in [0.2, 0.25) is 5.91 Å². The van der Waals surface area contributed by atoms with Gasteiger partial charge in [-0.15, -0.1) is 0 Å². The maximum atomic E-state index is 12.5. The minimum atomic E-state index is -2.91. The third kappa shape index (κ3) is 4.67. The molecular weight excluding hydrogens is 372 g/mol. The number of alkyl halides is 2. The van der Waals surface area contributed by atoms with E-state index < -0.39 is 12.7 Å². The summed E-state index contributed by atoms with van der Waals surface area (Å²) in [6, 6.07) is 12.8. The Morgan fingerprint density at radius 1 is 1.21 bits per heavy atom. The highest BCUT2D eigenvalue weighted by Gasteiger charge is 2.30. The predicted molar refractivity (Wildman–Crippen MR) is 98.8 cm³/mol. The first-order chi connectivity index (χ1) is 13.5. The van der Waals surface area contributed by atoms with Crippen LogP contribution in [0, 0.1) is 0 Å². The topological polar surface area (TPSA) is 79.9 Å². The Morgan fingerprint density at radius 2 is 1.93 bits per heavy atom. The summed E-state index contributed by atoms with van der Waals surface area (Å²) in [5, 5.41) is 5.24. The fraction of sp³-hybridized carbons (Fsp3) is 0.263. The summed E-state index contributed by atoms with van der Waals surface area (Å²) in [4.78, 5) is 26.2. The van der Waals surface area contributed by atoms with Gasteiger partial charge in [0.25, 0.3) is 5.91 Å². The van der Waals surface area contributed by atoms with Crippen molar-refractivity contribution in [3.63, 3.8) is 0 Å². The third-order valence-electron chi connectivity index (χ3n) is 4.10. The summed E-state index contributed by atoms with van der Waals surface area (Å²) >= 11 is 0. The Kier molecular flexibility index (Phi) is 5.93. The number of carbonyl (C=O) groups is 2. The Morgan fingerprint density at radius 3 is 2.61 bits per heavy atom. The van der Waals surface area contributed by atoms with Crippen LogP contribution in [0.3, 0.4) is 0 Å². The molecule has 3 rings (SSSR count). The SMILES string of the molecule is CNC(=O)[C@@H]1CN(CC(=O)Nc2ccc(OC(F)F)cc2)c2ccccc2O1. The lowest BCUT2D eigenvalue weighted by Gasteiger charge is -2.34. The van der Waals surface area contributed by atoms with E-state index in [1.165, 1.54) is 31.3 Å². The van der Waals surface area contributed by atoms with Crippen molar-refractivity contribution in [3.05, 3.63) is 48.5 Å². The first-order valence-corrected chi connectivity index (χ1v) is 8.53. The van der Waals surface area contributed by atoms with E-state index in [4.69, 9.17) is 4.74 Å². The van der Waals surface area contributed by atoms with Crippen LogP contribution in [0.1, 0.15) is 0 Å². The fourth-order valence-electron chi connectivity index (χ4n) is 2.85. The van der Waals surface area contributed by atoms with Crippen LogP contribution in [-0.2, 0) is 9.59 Å². The summed E-state index contributed by atoms with van der Waals surface area (Å²) in [7, 11) is 1.52. The zero-order valence-corrected chi connectivity index (χ0v) is 15.0. The highest BCUT2D eigenvalue weighted by Crippen LogP contribution is 2.33. The molecule has 0 unspecified atom stereocenters. The Hall–Kier alpha value is -3.36. The lowest BCUT2D eigenvalue weighted by molar-refractivity contribution is -0.127. The molecule has 148 valence electrons. The molecule has 2 amide bonds. The van der Waals surface area contributed by atoms with E-state index in [9.17, 15) is 18.4 Å². The molecule has 0 spiro atoms. The molecule has 2 N–H and O–H groups in total. The van der Waals surface area contributed by atoms with Crippen molar-refractivity contribution in [2.75, 3.05) is 30.4 Å². The fourth-order valence-corrected chi connectivity index (χ4v) is 2.85. The van der Waals surface area contributed by atoms with E-state index in [0.717, 1.165) is 0 Å². The number of hydrogen-bond acceptors (Lipinski definition) is 5. The van der Waals surface area contributed by atoms with Crippen molar-refractivity contribution in [2.24, 2.45) is 0 Å². The molecule has 28 heavy (non-hydrogen) atoms. The molecule has 2 aromatic rings. The number of hydrogen-bond donors (Lipinski definition) is 2. The number of amides is 2. The molecule has 7 nitrogen and oxygen atoms in total. The van der Waals surface area contributed by atoms with Crippen LogP contribution in [0.4, 0.5) is 20.2 Å². The van der Waals surface area contributed by atoms with Crippen molar-refractivity contribution in [3.8, 4) is 11.5 Å². The second kappa shape index (κ2) is 8.55. The number of anilines is 2. The van der Waals surface area contributed by atoms with Crippen LogP contribution in [-0.4, -0.2) is 44.7 Å². The average Bonchev–Trinajstić information content (AvgIpc) is 2.68. The minimum absolute atomic E-state index is 0.00326. The average molecular weight is 391 g/mol. The number of carbonyl (C=O) groups excluding carboxylic acids is 2. The summed E-state index contributed by atoms with van der Waals surface area (Å²) in [5.41, 5.74) is 1.15. The van der Waals surface area contributed by atoms with E-state index in [1.54, 1.807) is 23.1 Å². The van der Waals surface area contributed by atoms with Crippen molar-refractivity contribution in [1.82, 2.24) is 5.32 Å². The molecule has 1 aliphatic heterocycles. The molecule has 0 aliphatic carbocycles. The van der Waals surface area contributed by atoms with E-state index >= 15 is 0 Å². The highest BCUT2D eigenvalue weighted by atomic mass is 19.3. The number of ether oxygens (including phenoxy) is 2. The van der Waals surface area contributed by atoms with Gasteiger partial charge < -0.3 is 25.0 Å². The Balaban J connectivity index is 1.67. The predicted octanol–water partition coefficient (Wildman–Crippen LogP) is 2.24. The van der Waals surface area contributed by atoms with E-state index in [0.29, 0.717) is 17.1 Å². The maximum Gasteiger partial charge on any atom is 0.387 e. The Labute approximate surface area is 160 Å². The maximum absolute atomic E-state index is 12.5. The molecule has 2 aromatic carbocycles. The number of rotatable bonds is 6. The zero-order chi connectivity index (χ0) is 20.1. The van der Waals surface area contributed by atoms with Crippen molar-refractivity contribution < 1.29 is 27.8 Å². The van der Waals surface area contributed by atoms with E-state index in [-0.39, 0.29) is 30.7 Å². The lowest BCUT2D eigenvalue weighted by atomic mass is 10.1. The van der Waals surface area contributed by atoms with Crippen molar-refractivity contribution >= 4 is 23.2 Å². The molecule has 0 radical (unpaired) electrons. The monoisotopic (exact) mass is 391 g/mol. The summed E-state index contributed by atoms with van der Waals surface area (Å²) in [6.07, 6.45) is -0.738. The smallest absolute Gasteiger partial charge is 0.387 e. The largest absolute Gasteiger partial charge is 0.477 e. The van der Waals surface area contributed by atoms with Gasteiger partial charge in [-0.25, -0.2) is 0 Å². The van der Waals surface area contributed by atoms with Gasteiger partial charge in [-0.2, -0.15) is 8.78 Å².